The van der Waals surface area contributed by atoms with E-state index in [2.05, 4.69) is 10.3 Å². The molecule has 1 N–H and O–H groups in total. The Kier molecular flexibility index (Phi) is 7.09. The number of aromatic nitrogens is 1. The standard InChI is InChI=1S/C13H20N2OS3/c16-12(14-7-5-13-15-8-10-17-13)4-2-1-3-11-6-9-18-19-11/h8,10-11H,1-7,9H2,(H,14,16)/t11-/m0/s1. The Morgan fingerprint density at radius 2 is 2.42 bits per heavy atom. The molecular formula is C13H20N2OS3. The number of hydrogen-bond donors (Lipinski definition) is 1. The highest BCUT2D eigenvalue weighted by molar-refractivity contribution is 8.77. The predicted molar refractivity (Wildman–Crippen MR) is 85.7 cm³/mol. The molecule has 1 atom stereocenters. The van der Waals surface area contributed by atoms with Crippen molar-refractivity contribution in [1.29, 1.82) is 0 Å². The van der Waals surface area contributed by atoms with Crippen LogP contribution in [0.3, 0.4) is 0 Å². The molecule has 1 fully saturated rings. The van der Waals surface area contributed by atoms with Crippen molar-refractivity contribution in [3.05, 3.63) is 16.6 Å². The van der Waals surface area contributed by atoms with Gasteiger partial charge in [-0.25, -0.2) is 4.98 Å². The molecule has 0 aromatic carbocycles. The lowest BCUT2D eigenvalue weighted by Gasteiger charge is -2.07. The maximum atomic E-state index is 11.6. The number of carbonyl (C=O) groups excluding carboxylic acids is 1. The van der Waals surface area contributed by atoms with Crippen LogP contribution in [0.1, 0.15) is 37.1 Å². The van der Waals surface area contributed by atoms with Crippen LogP contribution in [0.15, 0.2) is 11.6 Å². The molecule has 1 aromatic heterocycles. The molecule has 2 heterocycles. The van der Waals surface area contributed by atoms with Crippen molar-refractivity contribution in [1.82, 2.24) is 10.3 Å². The van der Waals surface area contributed by atoms with Crippen LogP contribution < -0.4 is 5.32 Å². The first kappa shape index (κ1) is 15.2. The lowest BCUT2D eigenvalue weighted by Crippen LogP contribution is -2.25. The maximum absolute atomic E-state index is 11.6. The minimum atomic E-state index is 0.185. The van der Waals surface area contributed by atoms with E-state index in [0.717, 1.165) is 23.1 Å². The van der Waals surface area contributed by atoms with Crippen LogP contribution in [0, 0.1) is 0 Å². The van der Waals surface area contributed by atoms with E-state index in [-0.39, 0.29) is 5.91 Å². The normalized spacial score (nSPS) is 18.6. The molecule has 0 saturated carbocycles. The Morgan fingerprint density at radius 3 is 3.16 bits per heavy atom. The fourth-order valence-electron chi connectivity index (χ4n) is 2.00. The molecule has 1 aliphatic heterocycles. The van der Waals surface area contributed by atoms with Crippen LogP contribution in [-0.2, 0) is 11.2 Å². The number of carbonyl (C=O) groups is 1. The van der Waals surface area contributed by atoms with E-state index in [9.17, 15) is 4.79 Å². The van der Waals surface area contributed by atoms with Crippen molar-refractivity contribution < 1.29 is 4.79 Å². The van der Waals surface area contributed by atoms with Gasteiger partial charge in [0, 0.05) is 42.0 Å². The Bertz CT molecular complexity index is 364. The summed E-state index contributed by atoms with van der Waals surface area (Å²) in [6.45, 7) is 0.710. The summed E-state index contributed by atoms with van der Waals surface area (Å²) in [6.07, 6.45) is 8.13. The van der Waals surface area contributed by atoms with Crippen LogP contribution in [-0.4, -0.2) is 28.4 Å². The van der Waals surface area contributed by atoms with Gasteiger partial charge in [-0.05, 0) is 19.3 Å². The first-order valence-corrected chi connectivity index (χ1v) is 10.0. The van der Waals surface area contributed by atoms with Crippen molar-refractivity contribution in [3.8, 4) is 0 Å². The van der Waals surface area contributed by atoms with E-state index in [1.807, 2.05) is 27.0 Å². The smallest absolute Gasteiger partial charge is 0.220 e. The summed E-state index contributed by atoms with van der Waals surface area (Å²) in [7, 11) is 4.01. The Labute approximate surface area is 126 Å². The molecule has 1 amide bonds. The van der Waals surface area contributed by atoms with E-state index in [4.69, 9.17) is 0 Å². The highest BCUT2D eigenvalue weighted by atomic mass is 33.1. The van der Waals surface area contributed by atoms with E-state index in [0.29, 0.717) is 13.0 Å². The van der Waals surface area contributed by atoms with Gasteiger partial charge in [-0.15, -0.1) is 11.3 Å². The fourth-order valence-corrected chi connectivity index (χ4v) is 5.64. The zero-order chi connectivity index (χ0) is 13.3. The average molecular weight is 317 g/mol. The van der Waals surface area contributed by atoms with Crippen molar-refractivity contribution in [2.45, 2.75) is 43.8 Å². The van der Waals surface area contributed by atoms with Gasteiger partial charge in [0.2, 0.25) is 5.91 Å². The van der Waals surface area contributed by atoms with Crippen molar-refractivity contribution in [2.24, 2.45) is 0 Å². The third-order valence-corrected chi connectivity index (χ3v) is 6.90. The third-order valence-electron chi connectivity index (χ3n) is 3.05. The van der Waals surface area contributed by atoms with Gasteiger partial charge >= 0.3 is 0 Å². The second-order valence-corrected chi connectivity index (χ2v) is 8.37. The molecule has 2 rings (SSSR count). The molecule has 3 nitrogen and oxygen atoms in total. The summed E-state index contributed by atoms with van der Waals surface area (Å²) in [6, 6.07) is 0. The van der Waals surface area contributed by atoms with E-state index in [1.54, 1.807) is 17.5 Å². The van der Waals surface area contributed by atoms with Crippen LogP contribution in [0.2, 0.25) is 0 Å². The third kappa shape index (κ3) is 6.19. The number of hydrogen-bond acceptors (Lipinski definition) is 5. The lowest BCUT2D eigenvalue weighted by atomic mass is 10.1. The lowest BCUT2D eigenvalue weighted by molar-refractivity contribution is -0.121. The maximum Gasteiger partial charge on any atom is 0.220 e. The summed E-state index contributed by atoms with van der Waals surface area (Å²) in [5.74, 6) is 1.48. The minimum Gasteiger partial charge on any atom is -0.356 e. The first-order chi connectivity index (χ1) is 9.34. The van der Waals surface area contributed by atoms with Crippen molar-refractivity contribution >= 4 is 38.8 Å². The summed E-state index contributed by atoms with van der Waals surface area (Å²) in [5, 5.41) is 6.86. The van der Waals surface area contributed by atoms with Crippen molar-refractivity contribution in [3.63, 3.8) is 0 Å². The molecule has 0 radical (unpaired) electrons. The molecule has 6 heteroatoms. The quantitative estimate of drug-likeness (QED) is 0.588. The van der Waals surface area contributed by atoms with Crippen LogP contribution >= 0.6 is 32.9 Å². The van der Waals surface area contributed by atoms with E-state index in [1.165, 1.54) is 25.0 Å². The van der Waals surface area contributed by atoms with Crippen LogP contribution in [0.25, 0.3) is 0 Å². The van der Waals surface area contributed by atoms with E-state index >= 15 is 0 Å². The molecule has 0 aliphatic carbocycles. The molecular weight excluding hydrogens is 296 g/mol. The number of rotatable bonds is 8. The molecule has 0 unspecified atom stereocenters. The van der Waals surface area contributed by atoms with Gasteiger partial charge in [0.15, 0.2) is 0 Å². The summed E-state index contributed by atoms with van der Waals surface area (Å²) >= 11 is 1.64. The summed E-state index contributed by atoms with van der Waals surface area (Å²) < 4.78 is 0. The SMILES string of the molecule is O=C(CCCC[C@H]1CCSS1)NCCc1nccs1. The Balaban J connectivity index is 1.45. The van der Waals surface area contributed by atoms with Gasteiger partial charge in [0.05, 0.1) is 5.01 Å². The van der Waals surface area contributed by atoms with Gasteiger partial charge in [-0.3, -0.25) is 4.79 Å². The topological polar surface area (TPSA) is 42.0 Å². The van der Waals surface area contributed by atoms with Crippen LogP contribution in [0.4, 0.5) is 0 Å². The molecule has 19 heavy (non-hydrogen) atoms. The molecule has 1 aliphatic rings. The Hall–Kier alpha value is -0.200. The average Bonchev–Trinajstić information content (AvgIpc) is 3.07. The zero-order valence-corrected chi connectivity index (χ0v) is 13.4. The zero-order valence-electron chi connectivity index (χ0n) is 11.0. The molecule has 106 valence electrons. The largest absolute Gasteiger partial charge is 0.356 e. The second kappa shape index (κ2) is 8.87. The number of amides is 1. The van der Waals surface area contributed by atoms with Gasteiger partial charge in [0.1, 0.15) is 0 Å². The molecule has 1 aromatic rings. The summed E-state index contributed by atoms with van der Waals surface area (Å²) in [4.78, 5) is 15.8. The molecule has 0 spiro atoms. The summed E-state index contributed by atoms with van der Waals surface area (Å²) in [5.41, 5.74) is 0. The van der Waals surface area contributed by atoms with Gasteiger partial charge in [0.25, 0.3) is 0 Å². The minimum absolute atomic E-state index is 0.185. The van der Waals surface area contributed by atoms with Crippen LogP contribution in [0.5, 0.6) is 0 Å². The Morgan fingerprint density at radius 1 is 1.47 bits per heavy atom. The van der Waals surface area contributed by atoms with E-state index < -0.39 is 0 Å². The number of nitrogens with zero attached hydrogens (tertiary/aromatic N) is 1. The molecule has 1 saturated heterocycles. The highest BCUT2D eigenvalue weighted by Gasteiger charge is 2.15. The monoisotopic (exact) mass is 316 g/mol. The number of unbranched alkanes of at least 4 members (excludes halogenated alkanes) is 1. The highest BCUT2D eigenvalue weighted by Crippen LogP contribution is 2.39. The molecule has 0 bridgehead atoms. The second-order valence-electron chi connectivity index (χ2n) is 4.60. The van der Waals surface area contributed by atoms with Gasteiger partial charge in [-0.1, -0.05) is 28.0 Å². The predicted octanol–water partition coefficient (Wildman–Crippen LogP) is 3.52. The van der Waals surface area contributed by atoms with Crippen molar-refractivity contribution in [2.75, 3.05) is 12.3 Å². The number of thiazole rings is 1. The number of nitrogens with one attached hydrogen (secondary N) is 1. The first-order valence-electron chi connectivity index (χ1n) is 6.78. The van der Waals surface area contributed by atoms with Gasteiger partial charge < -0.3 is 5.32 Å². The fraction of sp³-hybridized carbons (Fsp3) is 0.692. The van der Waals surface area contributed by atoms with Gasteiger partial charge in [-0.2, -0.15) is 0 Å².